The molecule has 0 aromatic carbocycles. The molecule has 1 rings (SSSR count). The molecule has 0 saturated carbocycles. The predicted octanol–water partition coefficient (Wildman–Crippen LogP) is 0.672. The van der Waals surface area contributed by atoms with Crippen molar-refractivity contribution in [3.05, 3.63) is 15.9 Å². The van der Waals surface area contributed by atoms with Crippen LogP contribution in [0, 0.1) is 5.41 Å². The topological polar surface area (TPSA) is 55.1 Å². The van der Waals surface area contributed by atoms with E-state index in [1.54, 1.807) is 23.9 Å². The molecule has 0 bridgehead atoms. The number of carbonyl (C=O) groups is 1. The minimum atomic E-state index is -0.240. The van der Waals surface area contributed by atoms with Crippen molar-refractivity contribution in [2.45, 2.75) is 13.3 Å². The SMILES string of the molecule is CCOC(=O)Cc1csc(=N)n1C. The Morgan fingerprint density at radius 2 is 2.46 bits per heavy atom. The number of nitrogens with one attached hydrogen (secondary N) is 1. The van der Waals surface area contributed by atoms with Gasteiger partial charge in [0.2, 0.25) is 0 Å². The summed E-state index contributed by atoms with van der Waals surface area (Å²) in [6.07, 6.45) is 0.250. The van der Waals surface area contributed by atoms with Gasteiger partial charge in [-0.25, -0.2) is 0 Å². The van der Waals surface area contributed by atoms with Crippen LogP contribution in [0.3, 0.4) is 0 Å². The van der Waals surface area contributed by atoms with E-state index in [-0.39, 0.29) is 12.4 Å². The molecule has 1 aromatic rings. The molecule has 1 heterocycles. The van der Waals surface area contributed by atoms with Crippen LogP contribution in [0.25, 0.3) is 0 Å². The van der Waals surface area contributed by atoms with E-state index in [1.807, 2.05) is 0 Å². The zero-order chi connectivity index (χ0) is 9.84. The number of aromatic nitrogens is 1. The molecule has 0 saturated heterocycles. The quantitative estimate of drug-likeness (QED) is 0.729. The highest BCUT2D eigenvalue weighted by atomic mass is 32.1. The lowest BCUT2D eigenvalue weighted by Crippen LogP contribution is -2.15. The van der Waals surface area contributed by atoms with Crippen LogP contribution in [-0.4, -0.2) is 17.1 Å². The van der Waals surface area contributed by atoms with Crippen molar-refractivity contribution in [2.24, 2.45) is 7.05 Å². The number of thiazole rings is 1. The molecule has 0 spiro atoms. The number of nitrogens with zero attached hydrogens (tertiary/aromatic N) is 1. The van der Waals surface area contributed by atoms with E-state index in [1.165, 1.54) is 11.3 Å². The highest BCUT2D eigenvalue weighted by Crippen LogP contribution is 2.01. The average molecular weight is 200 g/mol. The third kappa shape index (κ3) is 2.42. The van der Waals surface area contributed by atoms with Crippen LogP contribution in [0.15, 0.2) is 5.38 Å². The predicted molar refractivity (Wildman–Crippen MR) is 49.5 cm³/mol. The first kappa shape index (κ1) is 9.98. The van der Waals surface area contributed by atoms with Crippen LogP contribution >= 0.6 is 11.3 Å². The number of ether oxygens (including phenoxy) is 1. The average Bonchev–Trinajstić information content (AvgIpc) is 2.37. The van der Waals surface area contributed by atoms with Crippen LogP contribution < -0.4 is 4.80 Å². The maximum atomic E-state index is 11.1. The number of hydrogen-bond acceptors (Lipinski definition) is 4. The molecule has 0 fully saturated rings. The largest absolute Gasteiger partial charge is 0.466 e. The third-order valence-electron chi connectivity index (χ3n) is 1.67. The van der Waals surface area contributed by atoms with Crippen LogP contribution in [-0.2, 0) is 23.0 Å². The maximum absolute atomic E-state index is 11.1. The molecule has 0 aliphatic heterocycles. The second-order valence-corrected chi connectivity index (χ2v) is 3.43. The zero-order valence-electron chi connectivity index (χ0n) is 7.66. The fraction of sp³-hybridized carbons (Fsp3) is 0.500. The van der Waals surface area contributed by atoms with E-state index in [4.69, 9.17) is 10.1 Å². The summed E-state index contributed by atoms with van der Waals surface area (Å²) >= 11 is 1.31. The number of esters is 1. The van der Waals surface area contributed by atoms with Crippen molar-refractivity contribution in [1.29, 1.82) is 5.41 Å². The molecule has 0 radical (unpaired) electrons. The molecule has 1 aromatic heterocycles. The van der Waals surface area contributed by atoms with E-state index >= 15 is 0 Å². The van der Waals surface area contributed by atoms with Crippen molar-refractivity contribution >= 4 is 17.3 Å². The summed E-state index contributed by atoms with van der Waals surface area (Å²) in [7, 11) is 1.77. The smallest absolute Gasteiger partial charge is 0.311 e. The maximum Gasteiger partial charge on any atom is 0.311 e. The lowest BCUT2D eigenvalue weighted by atomic mass is 10.3. The monoisotopic (exact) mass is 200 g/mol. The Hall–Kier alpha value is -1.10. The Balaban J connectivity index is 2.69. The molecule has 1 N–H and O–H groups in total. The van der Waals surface area contributed by atoms with E-state index < -0.39 is 0 Å². The highest BCUT2D eigenvalue weighted by molar-refractivity contribution is 7.07. The first-order valence-corrected chi connectivity index (χ1v) is 4.86. The van der Waals surface area contributed by atoms with E-state index in [2.05, 4.69) is 0 Å². The van der Waals surface area contributed by atoms with Gasteiger partial charge in [0.25, 0.3) is 0 Å². The minimum absolute atomic E-state index is 0.240. The molecule has 0 aliphatic rings. The molecule has 72 valence electrons. The number of carbonyl (C=O) groups excluding carboxylic acids is 1. The van der Waals surface area contributed by atoms with E-state index in [0.717, 1.165) is 5.69 Å². The molecule has 0 atom stereocenters. The number of rotatable bonds is 3. The lowest BCUT2D eigenvalue weighted by molar-refractivity contribution is -0.142. The van der Waals surface area contributed by atoms with Gasteiger partial charge in [0.1, 0.15) is 0 Å². The summed E-state index contributed by atoms with van der Waals surface area (Å²) in [6, 6.07) is 0. The van der Waals surface area contributed by atoms with Crippen LogP contribution in [0.1, 0.15) is 12.6 Å². The van der Waals surface area contributed by atoms with Gasteiger partial charge in [-0.3, -0.25) is 10.2 Å². The fourth-order valence-electron chi connectivity index (χ4n) is 0.933. The Bertz CT molecular complexity index is 353. The summed E-state index contributed by atoms with van der Waals surface area (Å²) < 4.78 is 6.48. The standard InChI is InChI=1S/C8H12N2O2S/c1-3-12-7(11)4-6-5-13-8(9)10(6)2/h5,9H,3-4H2,1-2H3. The molecule has 0 aliphatic carbocycles. The fourth-order valence-corrected chi connectivity index (χ4v) is 1.70. The van der Waals surface area contributed by atoms with Gasteiger partial charge in [-0.05, 0) is 6.92 Å². The van der Waals surface area contributed by atoms with Crippen molar-refractivity contribution in [2.75, 3.05) is 6.61 Å². The molecule has 13 heavy (non-hydrogen) atoms. The Morgan fingerprint density at radius 3 is 2.92 bits per heavy atom. The first-order valence-electron chi connectivity index (χ1n) is 3.98. The molecular formula is C8H12N2O2S. The Kier molecular flexibility index (Phi) is 3.25. The summed E-state index contributed by atoms with van der Waals surface area (Å²) in [5.41, 5.74) is 0.827. The summed E-state index contributed by atoms with van der Waals surface area (Å²) in [5, 5.41) is 9.22. The number of hydrogen-bond donors (Lipinski definition) is 1. The molecular weight excluding hydrogens is 188 g/mol. The van der Waals surface area contributed by atoms with Gasteiger partial charge in [-0.1, -0.05) is 0 Å². The summed E-state index contributed by atoms with van der Waals surface area (Å²) in [4.78, 5) is 11.5. The molecule has 5 heteroatoms. The van der Waals surface area contributed by atoms with Crippen molar-refractivity contribution in [1.82, 2.24) is 4.57 Å². The lowest BCUT2D eigenvalue weighted by Gasteiger charge is -2.01. The van der Waals surface area contributed by atoms with Crippen LogP contribution in [0.2, 0.25) is 0 Å². The van der Waals surface area contributed by atoms with Gasteiger partial charge in [0.15, 0.2) is 4.80 Å². The normalized spacial score (nSPS) is 10.0. The van der Waals surface area contributed by atoms with Crippen LogP contribution in [0.4, 0.5) is 0 Å². The van der Waals surface area contributed by atoms with Gasteiger partial charge in [0, 0.05) is 18.1 Å². The third-order valence-corrected chi connectivity index (χ3v) is 2.56. The molecule has 0 unspecified atom stereocenters. The van der Waals surface area contributed by atoms with Crippen molar-refractivity contribution < 1.29 is 9.53 Å². The second kappa shape index (κ2) is 4.23. The minimum Gasteiger partial charge on any atom is -0.466 e. The molecule has 4 nitrogen and oxygen atoms in total. The second-order valence-electron chi connectivity index (χ2n) is 2.57. The van der Waals surface area contributed by atoms with Gasteiger partial charge >= 0.3 is 5.97 Å². The van der Waals surface area contributed by atoms with Crippen molar-refractivity contribution in [3.8, 4) is 0 Å². The first-order chi connectivity index (χ1) is 6.15. The Morgan fingerprint density at radius 1 is 1.77 bits per heavy atom. The summed E-state index contributed by atoms with van der Waals surface area (Å²) in [6.45, 7) is 2.18. The van der Waals surface area contributed by atoms with Crippen LogP contribution in [0.5, 0.6) is 0 Å². The molecule has 0 amide bonds. The van der Waals surface area contributed by atoms with Gasteiger partial charge < -0.3 is 9.30 Å². The highest BCUT2D eigenvalue weighted by Gasteiger charge is 2.07. The zero-order valence-corrected chi connectivity index (χ0v) is 8.48. The van der Waals surface area contributed by atoms with E-state index in [9.17, 15) is 4.79 Å². The summed E-state index contributed by atoms with van der Waals surface area (Å²) in [5.74, 6) is -0.240. The van der Waals surface area contributed by atoms with Gasteiger partial charge in [-0.15, -0.1) is 11.3 Å². The van der Waals surface area contributed by atoms with Crippen molar-refractivity contribution in [3.63, 3.8) is 0 Å². The van der Waals surface area contributed by atoms with Gasteiger partial charge in [-0.2, -0.15) is 0 Å². The van der Waals surface area contributed by atoms with Gasteiger partial charge in [0.05, 0.1) is 13.0 Å². The Labute approximate surface area is 80.3 Å². The van der Waals surface area contributed by atoms with E-state index in [0.29, 0.717) is 11.4 Å².